The Hall–Kier alpha value is -4.19. The predicted octanol–water partition coefficient (Wildman–Crippen LogP) is 5.12. The lowest BCUT2D eigenvalue weighted by atomic mass is 10.1. The number of carbonyl (C=O) groups excluding carboxylic acids is 1. The van der Waals surface area contributed by atoms with Gasteiger partial charge in [-0.25, -0.2) is 9.82 Å². The van der Waals surface area contributed by atoms with Crippen molar-refractivity contribution >= 4 is 28.6 Å². The second kappa shape index (κ2) is 10.2. The predicted molar refractivity (Wildman–Crippen MR) is 125 cm³/mol. The summed E-state index contributed by atoms with van der Waals surface area (Å²) in [7, 11) is 0. The Bertz CT molecular complexity index is 1230. The third kappa shape index (κ3) is 5.49. The molecule has 160 valence electrons. The van der Waals surface area contributed by atoms with Crippen LogP contribution in [0.4, 0.5) is 10.1 Å². The minimum atomic E-state index is -0.328. The molecule has 0 unspecified atom stereocenters. The Morgan fingerprint density at radius 2 is 1.66 bits per heavy atom. The van der Waals surface area contributed by atoms with Crippen LogP contribution in [-0.2, 0) is 11.4 Å². The zero-order valence-corrected chi connectivity index (χ0v) is 17.3. The van der Waals surface area contributed by atoms with E-state index in [2.05, 4.69) is 34.0 Å². The average Bonchev–Trinajstić information content (AvgIpc) is 2.83. The van der Waals surface area contributed by atoms with Gasteiger partial charge < -0.3 is 10.1 Å². The van der Waals surface area contributed by atoms with Gasteiger partial charge >= 0.3 is 0 Å². The molecule has 0 aliphatic heterocycles. The lowest BCUT2D eigenvalue weighted by molar-refractivity contribution is -0.119. The normalized spacial score (nSPS) is 10.9. The Balaban J connectivity index is 1.35. The number of nitrogens with zero attached hydrogens (tertiary/aromatic N) is 1. The molecule has 5 nitrogen and oxygen atoms in total. The van der Waals surface area contributed by atoms with Crippen LogP contribution in [0.2, 0.25) is 0 Å². The number of halogens is 1. The van der Waals surface area contributed by atoms with Crippen LogP contribution >= 0.6 is 0 Å². The molecule has 0 aliphatic carbocycles. The van der Waals surface area contributed by atoms with Gasteiger partial charge in [-0.1, -0.05) is 54.6 Å². The summed E-state index contributed by atoms with van der Waals surface area (Å²) in [6.45, 7) is 0.433. The van der Waals surface area contributed by atoms with Crippen molar-refractivity contribution in [2.75, 3.05) is 11.9 Å². The molecule has 4 aromatic rings. The van der Waals surface area contributed by atoms with Gasteiger partial charge in [0.2, 0.25) is 0 Å². The first kappa shape index (κ1) is 21.1. The maximum Gasteiger partial charge on any atom is 0.259 e. The number of anilines is 1. The van der Waals surface area contributed by atoms with Crippen LogP contribution in [-0.4, -0.2) is 18.7 Å². The van der Waals surface area contributed by atoms with Crippen LogP contribution in [0.15, 0.2) is 96.1 Å². The van der Waals surface area contributed by atoms with E-state index >= 15 is 0 Å². The summed E-state index contributed by atoms with van der Waals surface area (Å²) in [4.78, 5) is 12.0. The molecule has 0 atom stereocenters. The largest absolute Gasteiger partial charge is 0.488 e. The lowest BCUT2D eigenvalue weighted by Crippen LogP contribution is -2.25. The van der Waals surface area contributed by atoms with E-state index in [1.165, 1.54) is 17.5 Å². The van der Waals surface area contributed by atoms with Gasteiger partial charge in [-0.3, -0.25) is 4.79 Å². The van der Waals surface area contributed by atoms with E-state index in [9.17, 15) is 9.18 Å². The fourth-order valence-electron chi connectivity index (χ4n) is 3.26. The molecule has 0 radical (unpaired) electrons. The molecule has 0 fully saturated rings. The van der Waals surface area contributed by atoms with Crippen molar-refractivity contribution in [3.63, 3.8) is 0 Å². The minimum absolute atomic E-state index is 0.0161. The Morgan fingerprint density at radius 1 is 0.906 bits per heavy atom. The monoisotopic (exact) mass is 427 g/mol. The lowest BCUT2D eigenvalue weighted by Gasteiger charge is -2.11. The topological polar surface area (TPSA) is 62.7 Å². The summed E-state index contributed by atoms with van der Waals surface area (Å²) in [5, 5.41) is 9.26. The molecule has 4 aromatic carbocycles. The average molecular weight is 427 g/mol. The molecule has 0 aromatic heterocycles. The van der Waals surface area contributed by atoms with Gasteiger partial charge in [0.05, 0.1) is 12.8 Å². The summed E-state index contributed by atoms with van der Waals surface area (Å²) in [5.41, 5.74) is 4.97. The van der Waals surface area contributed by atoms with Gasteiger partial charge in [-0.15, -0.1) is 0 Å². The summed E-state index contributed by atoms with van der Waals surface area (Å²) in [5.74, 6) is 0.0218. The third-order valence-electron chi connectivity index (χ3n) is 4.87. The highest BCUT2D eigenvalue weighted by Crippen LogP contribution is 2.22. The number of amides is 1. The molecule has 1 amide bonds. The number of carbonyl (C=O) groups is 1. The number of hydrogen-bond acceptors (Lipinski definition) is 4. The quantitative estimate of drug-likeness (QED) is 0.303. The van der Waals surface area contributed by atoms with Crippen LogP contribution in [0.5, 0.6) is 5.75 Å². The number of ether oxygens (including phenoxy) is 1. The number of fused-ring (bicyclic) bond motifs is 1. The van der Waals surface area contributed by atoms with E-state index in [4.69, 9.17) is 4.74 Å². The smallest absolute Gasteiger partial charge is 0.259 e. The standard InChI is InChI=1S/C26H22FN3O2/c27-22-12-14-23(15-13-22)28-17-26(31)30-29-16-20-7-2-4-11-25(20)32-18-21-9-5-8-19-6-1-3-10-24(19)21/h1-16,28H,17-18H2,(H,30,31)/b29-16-. The number of hydrogen-bond donors (Lipinski definition) is 2. The number of hydrazone groups is 1. The van der Waals surface area contributed by atoms with Crippen molar-refractivity contribution < 1.29 is 13.9 Å². The van der Waals surface area contributed by atoms with Gasteiger partial charge in [0, 0.05) is 11.3 Å². The Morgan fingerprint density at radius 3 is 2.53 bits per heavy atom. The zero-order chi connectivity index (χ0) is 22.2. The fourth-order valence-corrected chi connectivity index (χ4v) is 3.26. The number of benzene rings is 4. The highest BCUT2D eigenvalue weighted by Gasteiger charge is 2.05. The van der Waals surface area contributed by atoms with Crippen molar-refractivity contribution in [2.45, 2.75) is 6.61 Å². The van der Waals surface area contributed by atoms with Crippen LogP contribution < -0.4 is 15.5 Å². The highest BCUT2D eigenvalue weighted by atomic mass is 19.1. The fraction of sp³-hybridized carbons (Fsp3) is 0.0769. The minimum Gasteiger partial charge on any atom is -0.488 e. The van der Waals surface area contributed by atoms with Crippen molar-refractivity contribution in [3.8, 4) is 5.75 Å². The first-order chi connectivity index (χ1) is 15.7. The Kier molecular flexibility index (Phi) is 6.72. The van der Waals surface area contributed by atoms with E-state index in [0.717, 1.165) is 16.5 Å². The third-order valence-corrected chi connectivity index (χ3v) is 4.87. The van der Waals surface area contributed by atoms with Crippen molar-refractivity contribution in [1.82, 2.24) is 5.43 Å². The number of rotatable bonds is 8. The van der Waals surface area contributed by atoms with Crippen molar-refractivity contribution in [2.24, 2.45) is 5.10 Å². The molecular formula is C26H22FN3O2. The van der Waals surface area contributed by atoms with Gasteiger partial charge in [-0.05, 0) is 52.7 Å². The second-order valence-electron chi connectivity index (χ2n) is 7.12. The molecule has 0 saturated heterocycles. The van der Waals surface area contributed by atoms with Crippen molar-refractivity contribution in [1.29, 1.82) is 0 Å². The molecule has 0 spiro atoms. The van der Waals surface area contributed by atoms with E-state index in [0.29, 0.717) is 18.0 Å². The Labute approximate surface area is 185 Å². The van der Waals surface area contributed by atoms with Crippen LogP contribution in [0.25, 0.3) is 10.8 Å². The van der Waals surface area contributed by atoms with Gasteiger partial charge in [-0.2, -0.15) is 5.10 Å². The molecule has 32 heavy (non-hydrogen) atoms. The molecule has 4 rings (SSSR count). The second-order valence-corrected chi connectivity index (χ2v) is 7.12. The molecule has 0 bridgehead atoms. The van der Waals surface area contributed by atoms with Crippen LogP contribution in [0.3, 0.4) is 0 Å². The summed E-state index contributed by atoms with van der Waals surface area (Å²) in [6.07, 6.45) is 1.55. The molecular weight excluding hydrogens is 405 g/mol. The number of para-hydroxylation sites is 1. The number of nitrogens with one attached hydrogen (secondary N) is 2. The molecule has 0 saturated carbocycles. The van der Waals surface area contributed by atoms with E-state index < -0.39 is 0 Å². The molecule has 6 heteroatoms. The van der Waals surface area contributed by atoms with E-state index in [1.807, 2.05) is 48.5 Å². The van der Waals surface area contributed by atoms with E-state index in [1.54, 1.807) is 18.3 Å². The summed E-state index contributed by atoms with van der Waals surface area (Å²) < 4.78 is 19.0. The first-order valence-corrected chi connectivity index (χ1v) is 10.2. The van der Waals surface area contributed by atoms with Crippen molar-refractivity contribution in [3.05, 3.63) is 108 Å². The molecule has 0 aliphatic rings. The zero-order valence-electron chi connectivity index (χ0n) is 17.3. The molecule has 0 heterocycles. The first-order valence-electron chi connectivity index (χ1n) is 10.2. The maximum atomic E-state index is 12.9. The van der Waals surface area contributed by atoms with E-state index in [-0.39, 0.29) is 18.3 Å². The summed E-state index contributed by atoms with van der Waals surface area (Å²) in [6, 6.07) is 27.6. The maximum absolute atomic E-state index is 12.9. The summed E-state index contributed by atoms with van der Waals surface area (Å²) >= 11 is 0. The highest BCUT2D eigenvalue weighted by molar-refractivity contribution is 5.87. The van der Waals surface area contributed by atoms with Gasteiger partial charge in [0.1, 0.15) is 18.2 Å². The van der Waals surface area contributed by atoms with Crippen LogP contribution in [0, 0.1) is 5.82 Å². The SMILES string of the molecule is O=C(CNc1ccc(F)cc1)N/N=C\c1ccccc1OCc1cccc2ccccc12. The van der Waals surface area contributed by atoms with Gasteiger partial charge in [0.25, 0.3) is 5.91 Å². The van der Waals surface area contributed by atoms with Crippen LogP contribution in [0.1, 0.15) is 11.1 Å². The van der Waals surface area contributed by atoms with Gasteiger partial charge in [0.15, 0.2) is 0 Å². The molecule has 2 N–H and O–H groups in total.